The van der Waals surface area contributed by atoms with Crippen molar-refractivity contribution >= 4 is 58.2 Å². The van der Waals surface area contributed by atoms with Crippen LogP contribution in [0.3, 0.4) is 0 Å². The number of methoxy groups -OCH3 is 1. The Kier molecular flexibility index (Phi) is 9.20. The van der Waals surface area contributed by atoms with Crippen LogP contribution in [0.1, 0.15) is 18.4 Å². The van der Waals surface area contributed by atoms with E-state index in [0.717, 1.165) is 5.56 Å². The molecule has 1 heterocycles. The number of amides is 2. The van der Waals surface area contributed by atoms with Gasteiger partial charge in [0.2, 0.25) is 5.91 Å². The first-order valence-corrected chi connectivity index (χ1v) is 13.5. The van der Waals surface area contributed by atoms with E-state index in [2.05, 4.69) is 22.0 Å². The predicted octanol–water partition coefficient (Wildman–Crippen LogP) is 6.71. The predicted molar refractivity (Wildman–Crippen MR) is 157 cm³/mol. The molecule has 7 nitrogen and oxygen atoms in total. The molecule has 0 saturated carbocycles. The first-order chi connectivity index (χ1) is 18.8. The number of rotatable bonds is 8. The Morgan fingerprint density at radius 2 is 1.72 bits per heavy atom. The van der Waals surface area contributed by atoms with E-state index in [9.17, 15) is 14.9 Å². The number of allylic oxidation sites excluding steroid dienone is 2. The van der Waals surface area contributed by atoms with Gasteiger partial charge in [0.1, 0.15) is 5.75 Å². The van der Waals surface area contributed by atoms with Gasteiger partial charge in [0.15, 0.2) is 0 Å². The minimum Gasteiger partial charge on any atom is -0.495 e. The summed E-state index contributed by atoms with van der Waals surface area (Å²) in [6, 6.07) is 23.3. The molecule has 0 aliphatic carbocycles. The molecule has 3 aromatic carbocycles. The smallest absolute Gasteiger partial charge is 0.254 e. The molecular formula is C29H24Cl2N4O3S. The number of carbonyl (C=O) groups excluding carboxylic acids is 2. The van der Waals surface area contributed by atoms with Crippen LogP contribution >= 0.6 is 35.0 Å². The Labute approximate surface area is 240 Å². The normalized spacial score (nSPS) is 14.8. The zero-order valence-corrected chi connectivity index (χ0v) is 23.4. The van der Waals surface area contributed by atoms with Gasteiger partial charge in [0.25, 0.3) is 5.91 Å². The zero-order valence-electron chi connectivity index (χ0n) is 21.0. The van der Waals surface area contributed by atoms with E-state index in [1.165, 1.54) is 18.9 Å². The molecule has 10 heteroatoms. The molecule has 4 rings (SSSR count). The monoisotopic (exact) mass is 578 g/mol. The molecule has 0 aromatic heterocycles. The van der Waals surface area contributed by atoms with Crippen LogP contribution in [-0.4, -0.2) is 24.7 Å². The Bertz CT molecular complexity index is 1500. The van der Waals surface area contributed by atoms with Crippen molar-refractivity contribution in [2.24, 2.45) is 0 Å². The molecule has 0 bridgehead atoms. The lowest BCUT2D eigenvalue weighted by Crippen LogP contribution is -2.31. The average molecular weight is 580 g/mol. The topological polar surface area (TPSA) is 103 Å². The summed E-state index contributed by atoms with van der Waals surface area (Å²) in [5, 5.41) is 20.6. The third kappa shape index (κ3) is 6.76. The van der Waals surface area contributed by atoms with Crippen molar-refractivity contribution < 1.29 is 14.3 Å². The molecule has 0 spiro atoms. The molecular weight excluding hydrogens is 555 g/mol. The van der Waals surface area contributed by atoms with Crippen molar-refractivity contribution in [1.29, 1.82) is 5.26 Å². The van der Waals surface area contributed by atoms with Crippen LogP contribution in [0, 0.1) is 11.3 Å². The van der Waals surface area contributed by atoms with Crippen LogP contribution in [0.4, 0.5) is 11.4 Å². The molecule has 0 unspecified atom stereocenters. The molecule has 2 amide bonds. The lowest BCUT2D eigenvalue weighted by molar-refractivity contribution is -0.114. The van der Waals surface area contributed by atoms with Crippen molar-refractivity contribution in [2.45, 2.75) is 12.8 Å². The van der Waals surface area contributed by atoms with Crippen LogP contribution in [0.5, 0.6) is 5.75 Å². The quantitative estimate of drug-likeness (QED) is 0.274. The number of dihydropyridines is 1. The summed E-state index contributed by atoms with van der Waals surface area (Å²) in [6.45, 7) is 1.78. The number of benzene rings is 3. The molecule has 1 atom stereocenters. The number of hydrogen-bond donors (Lipinski definition) is 3. The highest BCUT2D eigenvalue weighted by molar-refractivity contribution is 8.03. The van der Waals surface area contributed by atoms with E-state index >= 15 is 0 Å². The second-order valence-corrected chi connectivity index (χ2v) is 10.4. The van der Waals surface area contributed by atoms with E-state index in [4.69, 9.17) is 27.9 Å². The van der Waals surface area contributed by atoms with E-state index in [0.29, 0.717) is 49.0 Å². The number of halogens is 2. The van der Waals surface area contributed by atoms with Crippen LogP contribution in [0.15, 0.2) is 94.7 Å². The molecule has 1 aliphatic heterocycles. The van der Waals surface area contributed by atoms with Gasteiger partial charge in [-0.05, 0) is 55.0 Å². The Balaban J connectivity index is 1.60. The minimum absolute atomic E-state index is 0.00424. The molecule has 39 heavy (non-hydrogen) atoms. The SMILES string of the molecule is COc1ccc(Cl)cc1NC(=O)CSC1=C(C#N)[C@@H](c2ccccc2)C(C(=O)Nc2ccc(Cl)cc2)=C(C)N1. The number of nitrogens with one attached hydrogen (secondary N) is 3. The van der Waals surface area contributed by atoms with Gasteiger partial charge in [-0.2, -0.15) is 5.26 Å². The van der Waals surface area contributed by atoms with Crippen LogP contribution in [0.25, 0.3) is 0 Å². The maximum atomic E-state index is 13.5. The number of thioether (sulfide) groups is 1. The summed E-state index contributed by atoms with van der Waals surface area (Å²) in [5.41, 5.74) is 3.13. The van der Waals surface area contributed by atoms with E-state index in [1.807, 2.05) is 30.3 Å². The summed E-state index contributed by atoms with van der Waals surface area (Å²) in [6.07, 6.45) is 0. The fraction of sp³-hybridized carbons (Fsp3) is 0.138. The number of hydrogen-bond acceptors (Lipinski definition) is 6. The number of nitrogens with zero attached hydrogens (tertiary/aromatic N) is 1. The van der Waals surface area contributed by atoms with E-state index < -0.39 is 5.92 Å². The first kappa shape index (κ1) is 28.1. The first-order valence-electron chi connectivity index (χ1n) is 11.8. The third-order valence-electron chi connectivity index (χ3n) is 5.91. The molecule has 0 saturated heterocycles. The minimum atomic E-state index is -0.636. The lowest BCUT2D eigenvalue weighted by Gasteiger charge is -2.30. The van der Waals surface area contributed by atoms with Gasteiger partial charge in [-0.15, -0.1) is 0 Å². The largest absolute Gasteiger partial charge is 0.495 e. The summed E-state index contributed by atoms with van der Waals surface area (Å²) < 4.78 is 5.29. The number of anilines is 2. The molecule has 1 aliphatic rings. The van der Waals surface area contributed by atoms with Crippen molar-refractivity contribution in [1.82, 2.24) is 5.32 Å². The molecule has 198 valence electrons. The summed E-state index contributed by atoms with van der Waals surface area (Å²) in [7, 11) is 1.50. The molecule has 3 aromatic rings. The lowest BCUT2D eigenvalue weighted by atomic mass is 9.82. The van der Waals surface area contributed by atoms with Crippen LogP contribution in [0.2, 0.25) is 10.0 Å². The maximum Gasteiger partial charge on any atom is 0.254 e. The van der Waals surface area contributed by atoms with Gasteiger partial charge in [0.05, 0.1) is 41.1 Å². The number of nitriles is 1. The van der Waals surface area contributed by atoms with Gasteiger partial charge in [0, 0.05) is 27.0 Å². The van der Waals surface area contributed by atoms with Gasteiger partial charge in [-0.3, -0.25) is 9.59 Å². The summed E-state index contributed by atoms with van der Waals surface area (Å²) in [5.74, 6) is -0.812. The van der Waals surface area contributed by atoms with Crippen molar-refractivity contribution in [3.05, 3.63) is 110 Å². The Hall–Kier alpha value is -3.90. The fourth-order valence-electron chi connectivity index (χ4n) is 4.14. The van der Waals surface area contributed by atoms with E-state index in [1.54, 1.807) is 49.4 Å². The highest BCUT2D eigenvalue weighted by Crippen LogP contribution is 2.41. The number of carbonyl (C=O) groups is 2. The van der Waals surface area contributed by atoms with Gasteiger partial charge >= 0.3 is 0 Å². The fourth-order valence-corrected chi connectivity index (χ4v) is 5.33. The van der Waals surface area contributed by atoms with Crippen molar-refractivity contribution in [3.8, 4) is 11.8 Å². The maximum absolute atomic E-state index is 13.5. The zero-order chi connectivity index (χ0) is 27.9. The van der Waals surface area contributed by atoms with Crippen molar-refractivity contribution in [3.63, 3.8) is 0 Å². The average Bonchev–Trinajstić information content (AvgIpc) is 2.93. The standard InChI is InChI=1S/C29H24Cl2N4O3S/c1-17-26(28(37)34-21-11-8-19(30)9-12-21)27(18-6-4-3-5-7-18)22(15-32)29(33-17)39-16-25(36)35-23-14-20(31)10-13-24(23)38-2/h3-14,27,33H,16H2,1-2H3,(H,34,37)(H,35,36)/t27-/m1/s1. The van der Waals surface area contributed by atoms with Crippen molar-refractivity contribution in [2.75, 3.05) is 23.5 Å². The second kappa shape index (κ2) is 12.8. The summed E-state index contributed by atoms with van der Waals surface area (Å²) >= 11 is 13.2. The van der Waals surface area contributed by atoms with Crippen LogP contribution in [-0.2, 0) is 9.59 Å². The second-order valence-electron chi connectivity index (χ2n) is 8.50. The van der Waals surface area contributed by atoms with E-state index in [-0.39, 0.29) is 17.6 Å². The van der Waals surface area contributed by atoms with Gasteiger partial charge < -0.3 is 20.7 Å². The van der Waals surface area contributed by atoms with Gasteiger partial charge in [-0.1, -0.05) is 65.3 Å². The van der Waals surface area contributed by atoms with Crippen LogP contribution < -0.4 is 20.7 Å². The molecule has 0 radical (unpaired) electrons. The highest BCUT2D eigenvalue weighted by atomic mass is 35.5. The Morgan fingerprint density at radius 1 is 1.03 bits per heavy atom. The van der Waals surface area contributed by atoms with Gasteiger partial charge in [-0.25, -0.2) is 0 Å². The molecule has 3 N–H and O–H groups in total. The third-order valence-corrected chi connectivity index (χ3v) is 7.41. The Morgan fingerprint density at radius 3 is 2.38 bits per heavy atom. The highest BCUT2D eigenvalue weighted by Gasteiger charge is 2.34. The molecule has 0 fully saturated rings. The number of ether oxygens (including phenoxy) is 1. The summed E-state index contributed by atoms with van der Waals surface area (Å²) in [4.78, 5) is 26.3.